The van der Waals surface area contributed by atoms with Crippen molar-refractivity contribution >= 4 is 0 Å². The number of alkyl halides is 2. The zero-order chi connectivity index (χ0) is 15.0. The Balaban J connectivity index is 2.53. The summed E-state index contributed by atoms with van der Waals surface area (Å²) in [6.07, 6.45) is -2.45. The molecule has 2 N–H and O–H groups in total. The van der Waals surface area contributed by atoms with Gasteiger partial charge in [0.15, 0.2) is 0 Å². The van der Waals surface area contributed by atoms with Gasteiger partial charge < -0.3 is 15.3 Å². The van der Waals surface area contributed by atoms with Crippen LogP contribution in [0.5, 0.6) is 0 Å². The van der Waals surface area contributed by atoms with Gasteiger partial charge in [0.1, 0.15) is 0 Å². The molecule has 0 aliphatic carbocycles. The van der Waals surface area contributed by atoms with E-state index in [1.165, 1.54) is 12.1 Å². The van der Waals surface area contributed by atoms with Gasteiger partial charge in [0.25, 0.3) is 6.43 Å². The molecule has 0 fully saturated rings. The number of nitrogens with zero attached hydrogens (tertiary/aromatic N) is 1. The van der Waals surface area contributed by atoms with Gasteiger partial charge in [-0.3, -0.25) is 0 Å². The van der Waals surface area contributed by atoms with Crippen LogP contribution < -0.4 is 5.32 Å². The highest BCUT2D eigenvalue weighted by Gasteiger charge is 2.12. The summed E-state index contributed by atoms with van der Waals surface area (Å²) in [6.45, 7) is 7.80. The van der Waals surface area contributed by atoms with E-state index < -0.39 is 6.43 Å². The monoisotopic (exact) mass is 286 g/mol. The zero-order valence-corrected chi connectivity index (χ0v) is 12.1. The Morgan fingerprint density at radius 3 is 2.10 bits per heavy atom. The second kappa shape index (κ2) is 9.00. The Morgan fingerprint density at radius 1 is 1.10 bits per heavy atom. The number of aliphatic hydroxyl groups is 1. The molecule has 20 heavy (non-hydrogen) atoms. The Kier molecular flexibility index (Phi) is 7.65. The minimum atomic E-state index is -2.45. The first-order valence-electron chi connectivity index (χ1n) is 7.06. The fourth-order valence-electron chi connectivity index (χ4n) is 2.10. The Hall–Kier alpha value is -1.04. The summed E-state index contributed by atoms with van der Waals surface area (Å²) < 4.78 is 25.0. The maximum Gasteiger partial charge on any atom is 0.263 e. The summed E-state index contributed by atoms with van der Waals surface area (Å²) in [5, 5.41) is 12.7. The number of hydrogen-bond acceptors (Lipinski definition) is 3. The lowest BCUT2D eigenvalue weighted by atomic mass is 10.1. The normalized spacial score (nSPS) is 13.2. The quantitative estimate of drug-likeness (QED) is 0.732. The molecule has 0 saturated carbocycles. The largest absolute Gasteiger partial charge is 0.394 e. The highest BCUT2D eigenvalue weighted by atomic mass is 19.3. The van der Waals surface area contributed by atoms with Crippen molar-refractivity contribution in [2.45, 2.75) is 26.3 Å². The summed E-state index contributed by atoms with van der Waals surface area (Å²) in [5.41, 5.74) is 0.838. The summed E-state index contributed by atoms with van der Waals surface area (Å²) in [6, 6.07) is 5.90. The van der Waals surface area contributed by atoms with E-state index in [-0.39, 0.29) is 18.2 Å². The number of rotatable bonds is 9. The predicted octanol–water partition coefficient (Wildman–Crippen LogP) is 2.59. The van der Waals surface area contributed by atoms with E-state index in [4.69, 9.17) is 0 Å². The van der Waals surface area contributed by atoms with Crippen molar-refractivity contribution in [1.82, 2.24) is 10.2 Å². The molecule has 1 aromatic carbocycles. The van der Waals surface area contributed by atoms with Crippen molar-refractivity contribution in [3.8, 4) is 0 Å². The number of hydrogen-bond donors (Lipinski definition) is 2. The van der Waals surface area contributed by atoms with E-state index in [1.807, 2.05) is 0 Å². The molecule has 1 atom stereocenters. The molecule has 114 valence electrons. The maximum atomic E-state index is 12.5. The number of benzene rings is 1. The van der Waals surface area contributed by atoms with Gasteiger partial charge in [-0.25, -0.2) is 8.78 Å². The number of nitrogens with one attached hydrogen (secondary N) is 1. The third-order valence-corrected chi connectivity index (χ3v) is 3.49. The van der Waals surface area contributed by atoms with Crippen molar-refractivity contribution in [2.75, 3.05) is 32.8 Å². The Morgan fingerprint density at radius 2 is 1.65 bits per heavy atom. The first kappa shape index (κ1) is 17.0. The molecule has 0 aliphatic heterocycles. The molecule has 0 amide bonds. The molecule has 0 aromatic heterocycles. The van der Waals surface area contributed by atoms with Crippen molar-refractivity contribution in [2.24, 2.45) is 0 Å². The molecule has 0 bridgehead atoms. The van der Waals surface area contributed by atoms with Gasteiger partial charge in [0.2, 0.25) is 0 Å². The molecular formula is C15H24F2N2O. The third kappa shape index (κ3) is 5.15. The van der Waals surface area contributed by atoms with E-state index in [0.717, 1.165) is 31.7 Å². The van der Waals surface area contributed by atoms with Gasteiger partial charge in [-0.05, 0) is 18.7 Å². The third-order valence-electron chi connectivity index (χ3n) is 3.49. The second-order valence-electron chi connectivity index (χ2n) is 4.68. The lowest BCUT2D eigenvalue weighted by molar-refractivity contribution is 0.151. The van der Waals surface area contributed by atoms with E-state index in [0.29, 0.717) is 0 Å². The van der Waals surface area contributed by atoms with E-state index in [1.54, 1.807) is 12.1 Å². The number of aliphatic hydroxyl groups excluding tert-OH is 1. The first-order chi connectivity index (χ1) is 9.62. The lowest BCUT2D eigenvalue weighted by Crippen LogP contribution is -2.34. The van der Waals surface area contributed by atoms with Crippen LogP contribution in [0.15, 0.2) is 24.3 Å². The first-order valence-corrected chi connectivity index (χ1v) is 7.06. The molecule has 0 radical (unpaired) electrons. The fraction of sp³-hybridized carbons (Fsp3) is 0.600. The summed E-state index contributed by atoms with van der Waals surface area (Å²) in [4.78, 5) is 2.28. The summed E-state index contributed by atoms with van der Waals surface area (Å²) in [7, 11) is 0. The molecule has 1 aromatic rings. The van der Waals surface area contributed by atoms with Gasteiger partial charge in [-0.15, -0.1) is 0 Å². The van der Waals surface area contributed by atoms with Crippen LogP contribution in [0.25, 0.3) is 0 Å². The molecule has 5 heteroatoms. The van der Waals surface area contributed by atoms with Crippen LogP contribution in [0.3, 0.4) is 0 Å². The molecule has 0 saturated heterocycles. The van der Waals surface area contributed by atoms with Crippen LogP contribution in [-0.4, -0.2) is 42.8 Å². The van der Waals surface area contributed by atoms with Crippen molar-refractivity contribution in [1.29, 1.82) is 0 Å². The van der Waals surface area contributed by atoms with E-state index >= 15 is 0 Å². The lowest BCUT2D eigenvalue weighted by Gasteiger charge is -2.21. The molecule has 1 rings (SSSR count). The van der Waals surface area contributed by atoms with Gasteiger partial charge >= 0.3 is 0 Å². The van der Waals surface area contributed by atoms with Gasteiger partial charge in [0.05, 0.1) is 12.6 Å². The molecule has 3 nitrogen and oxygen atoms in total. The van der Waals surface area contributed by atoms with Crippen molar-refractivity contribution in [3.05, 3.63) is 35.4 Å². The standard InChI is InChI=1S/C15H24F2N2O/c1-3-19(4-2)10-9-18-14(11-20)12-5-7-13(8-6-12)15(16)17/h5-8,14-15,18,20H,3-4,9-11H2,1-2H3. The summed E-state index contributed by atoms with van der Waals surface area (Å²) in [5.74, 6) is 0. The average molecular weight is 286 g/mol. The summed E-state index contributed by atoms with van der Waals surface area (Å²) >= 11 is 0. The highest BCUT2D eigenvalue weighted by molar-refractivity contribution is 5.25. The van der Waals surface area contributed by atoms with Crippen molar-refractivity contribution < 1.29 is 13.9 Å². The van der Waals surface area contributed by atoms with Crippen LogP contribution in [0.2, 0.25) is 0 Å². The number of halogens is 2. The van der Waals surface area contributed by atoms with Crippen LogP contribution in [0.4, 0.5) is 8.78 Å². The van der Waals surface area contributed by atoms with Crippen LogP contribution in [-0.2, 0) is 0 Å². The Labute approximate surface area is 119 Å². The van der Waals surface area contributed by atoms with E-state index in [2.05, 4.69) is 24.1 Å². The SMILES string of the molecule is CCN(CC)CCNC(CO)c1ccc(C(F)F)cc1. The molecule has 0 spiro atoms. The predicted molar refractivity (Wildman–Crippen MR) is 77.0 cm³/mol. The van der Waals surface area contributed by atoms with Crippen molar-refractivity contribution in [3.63, 3.8) is 0 Å². The molecule has 0 aliphatic rings. The topological polar surface area (TPSA) is 35.5 Å². The minimum Gasteiger partial charge on any atom is -0.394 e. The second-order valence-corrected chi connectivity index (χ2v) is 4.68. The molecular weight excluding hydrogens is 262 g/mol. The maximum absolute atomic E-state index is 12.5. The van der Waals surface area contributed by atoms with Gasteiger partial charge in [0, 0.05) is 18.7 Å². The van der Waals surface area contributed by atoms with Crippen LogP contribution >= 0.6 is 0 Å². The van der Waals surface area contributed by atoms with E-state index in [9.17, 15) is 13.9 Å². The smallest absolute Gasteiger partial charge is 0.263 e. The van der Waals surface area contributed by atoms with Crippen LogP contribution in [0.1, 0.15) is 37.4 Å². The number of likely N-dealkylation sites (N-methyl/N-ethyl adjacent to an activating group) is 1. The van der Waals surface area contributed by atoms with Gasteiger partial charge in [-0.2, -0.15) is 0 Å². The fourth-order valence-corrected chi connectivity index (χ4v) is 2.10. The minimum absolute atomic E-state index is 0.00795. The highest BCUT2D eigenvalue weighted by Crippen LogP contribution is 2.21. The zero-order valence-electron chi connectivity index (χ0n) is 12.1. The molecule has 1 unspecified atom stereocenters. The molecule has 0 heterocycles. The van der Waals surface area contributed by atoms with Crippen LogP contribution in [0, 0.1) is 0 Å². The Bertz CT molecular complexity index is 367. The van der Waals surface area contributed by atoms with Gasteiger partial charge in [-0.1, -0.05) is 38.1 Å². The average Bonchev–Trinajstić information content (AvgIpc) is 2.48.